The largest absolute Gasteiger partial charge is 0.386 e. The number of nitrogens with zero attached hydrogens (tertiary/aromatic N) is 2. The Balaban J connectivity index is 2.22. The molecule has 0 unspecified atom stereocenters. The zero-order chi connectivity index (χ0) is 14.9. The van der Waals surface area contributed by atoms with E-state index in [-0.39, 0.29) is 16.3 Å². The van der Waals surface area contributed by atoms with Crippen LogP contribution in [-0.4, -0.2) is 39.1 Å². The number of oxime groups is 1. The van der Waals surface area contributed by atoms with Crippen LogP contribution >= 0.6 is 11.6 Å². The monoisotopic (exact) mass is 300 g/mol. The molecule has 0 radical (unpaired) electrons. The normalized spacial score (nSPS) is 24.7. The Hall–Kier alpha value is -1.70. The van der Waals surface area contributed by atoms with E-state index in [1.807, 2.05) is 0 Å². The summed E-state index contributed by atoms with van der Waals surface area (Å²) in [6, 6.07) is 5.10. The van der Waals surface area contributed by atoms with Crippen LogP contribution in [0.3, 0.4) is 0 Å². The van der Waals surface area contributed by atoms with Crippen LogP contribution in [0.1, 0.15) is 18.6 Å². The number of aliphatic hydroxyl groups is 2. The second kappa shape index (κ2) is 5.74. The topological polar surface area (TPSA) is 105 Å². The van der Waals surface area contributed by atoms with Crippen molar-refractivity contribution in [1.29, 1.82) is 0 Å². The predicted octanol–water partition coefficient (Wildman–Crippen LogP) is 1.15. The molecular weight excluding hydrogens is 288 g/mol. The molecule has 1 aromatic rings. The molecule has 0 spiro atoms. The first kappa shape index (κ1) is 14.7. The van der Waals surface area contributed by atoms with Crippen molar-refractivity contribution in [3.8, 4) is 0 Å². The Labute approximate surface area is 119 Å². The minimum Gasteiger partial charge on any atom is -0.386 e. The van der Waals surface area contributed by atoms with Gasteiger partial charge in [0.15, 0.2) is 0 Å². The Kier molecular flexibility index (Phi) is 4.22. The molecule has 1 aliphatic heterocycles. The van der Waals surface area contributed by atoms with Crippen LogP contribution in [0.5, 0.6) is 0 Å². The summed E-state index contributed by atoms with van der Waals surface area (Å²) in [6.07, 6.45) is -4.18. The molecule has 0 amide bonds. The van der Waals surface area contributed by atoms with Crippen molar-refractivity contribution in [2.75, 3.05) is 0 Å². The van der Waals surface area contributed by atoms with Gasteiger partial charge in [0.2, 0.25) is 6.10 Å². The van der Waals surface area contributed by atoms with E-state index in [1.54, 1.807) is 18.2 Å². The number of nitro groups is 1. The molecule has 7 nitrogen and oxygen atoms in total. The summed E-state index contributed by atoms with van der Waals surface area (Å²) >= 11 is 5.92. The smallest absolute Gasteiger partial charge is 0.295 e. The molecule has 4 atom stereocenters. The van der Waals surface area contributed by atoms with Gasteiger partial charge in [0.25, 0.3) is 6.04 Å². The SMILES string of the molecule is CC1=NO[C@H]([C@@H](O)[C@H](O)c2ccccc2Cl)[C@H]1[N+](=O)[O-]. The van der Waals surface area contributed by atoms with E-state index in [0.717, 1.165) is 0 Å². The van der Waals surface area contributed by atoms with E-state index < -0.39 is 29.3 Å². The van der Waals surface area contributed by atoms with Gasteiger partial charge in [-0.05, 0) is 13.0 Å². The van der Waals surface area contributed by atoms with Crippen molar-refractivity contribution in [3.63, 3.8) is 0 Å². The fourth-order valence-corrected chi connectivity index (χ4v) is 2.34. The molecule has 1 heterocycles. The molecule has 108 valence electrons. The Bertz CT molecular complexity index is 550. The van der Waals surface area contributed by atoms with Gasteiger partial charge in [-0.1, -0.05) is 35.0 Å². The van der Waals surface area contributed by atoms with Gasteiger partial charge in [-0.3, -0.25) is 10.1 Å². The number of benzene rings is 1. The predicted molar refractivity (Wildman–Crippen MR) is 71.2 cm³/mol. The summed E-state index contributed by atoms with van der Waals surface area (Å²) in [7, 11) is 0. The molecule has 1 aliphatic rings. The summed E-state index contributed by atoms with van der Waals surface area (Å²) in [5.74, 6) is 0. The highest BCUT2D eigenvalue weighted by Gasteiger charge is 2.48. The molecular formula is C12H13ClN2O5. The fourth-order valence-electron chi connectivity index (χ4n) is 2.09. The Morgan fingerprint density at radius 2 is 2.10 bits per heavy atom. The van der Waals surface area contributed by atoms with E-state index in [9.17, 15) is 20.3 Å². The van der Waals surface area contributed by atoms with Gasteiger partial charge in [0.05, 0.1) is 0 Å². The standard InChI is InChI=1S/C12H13ClN2O5/c1-6-9(15(18)19)12(20-14-6)11(17)10(16)7-4-2-3-5-8(7)13/h2-5,9-12,16-17H,1H3/t9-,10+,11-,12-/m0/s1. The van der Waals surface area contributed by atoms with Gasteiger partial charge in [0.1, 0.15) is 17.9 Å². The van der Waals surface area contributed by atoms with Gasteiger partial charge in [-0.25, -0.2) is 0 Å². The fraction of sp³-hybridized carbons (Fsp3) is 0.417. The van der Waals surface area contributed by atoms with Crippen molar-refractivity contribution < 1.29 is 20.0 Å². The maximum absolute atomic E-state index is 11.0. The zero-order valence-corrected chi connectivity index (χ0v) is 11.3. The van der Waals surface area contributed by atoms with Crippen molar-refractivity contribution >= 4 is 17.3 Å². The van der Waals surface area contributed by atoms with E-state index in [4.69, 9.17) is 16.4 Å². The van der Waals surface area contributed by atoms with Crippen LogP contribution in [0.2, 0.25) is 5.02 Å². The molecule has 2 rings (SSSR count). The van der Waals surface area contributed by atoms with Gasteiger partial charge < -0.3 is 15.1 Å². The molecule has 0 bridgehead atoms. The lowest BCUT2D eigenvalue weighted by Gasteiger charge is -2.23. The third-order valence-electron chi connectivity index (χ3n) is 3.17. The molecule has 0 saturated carbocycles. The van der Waals surface area contributed by atoms with Crippen LogP contribution in [0.4, 0.5) is 0 Å². The third kappa shape index (κ3) is 2.60. The highest BCUT2D eigenvalue weighted by Crippen LogP contribution is 2.30. The maximum Gasteiger partial charge on any atom is 0.295 e. The van der Waals surface area contributed by atoms with E-state index in [0.29, 0.717) is 0 Å². The number of hydrogen-bond acceptors (Lipinski definition) is 6. The van der Waals surface area contributed by atoms with Gasteiger partial charge in [0, 0.05) is 15.5 Å². The molecule has 0 fully saturated rings. The highest BCUT2D eigenvalue weighted by molar-refractivity contribution is 6.31. The van der Waals surface area contributed by atoms with Crippen LogP contribution in [0, 0.1) is 10.1 Å². The Morgan fingerprint density at radius 3 is 2.70 bits per heavy atom. The van der Waals surface area contributed by atoms with Crippen LogP contribution in [0.25, 0.3) is 0 Å². The van der Waals surface area contributed by atoms with Crippen molar-refractivity contribution in [1.82, 2.24) is 0 Å². The highest BCUT2D eigenvalue weighted by atomic mass is 35.5. The summed E-state index contributed by atoms with van der Waals surface area (Å²) in [4.78, 5) is 15.3. The van der Waals surface area contributed by atoms with Gasteiger partial charge >= 0.3 is 0 Å². The lowest BCUT2D eigenvalue weighted by molar-refractivity contribution is -0.514. The molecule has 1 aromatic carbocycles. The van der Waals surface area contributed by atoms with Crippen molar-refractivity contribution in [2.45, 2.75) is 31.3 Å². The average Bonchev–Trinajstić information content (AvgIpc) is 2.79. The van der Waals surface area contributed by atoms with Crippen LogP contribution < -0.4 is 0 Å². The number of rotatable bonds is 4. The lowest BCUT2D eigenvalue weighted by atomic mass is 9.95. The van der Waals surface area contributed by atoms with Crippen LogP contribution in [-0.2, 0) is 4.84 Å². The second-order valence-electron chi connectivity index (χ2n) is 4.49. The van der Waals surface area contributed by atoms with E-state index in [1.165, 1.54) is 13.0 Å². The first-order valence-corrected chi connectivity index (χ1v) is 6.25. The Morgan fingerprint density at radius 1 is 1.45 bits per heavy atom. The molecule has 0 aliphatic carbocycles. The number of aliphatic hydroxyl groups excluding tert-OH is 2. The molecule has 8 heteroatoms. The molecule has 0 aromatic heterocycles. The van der Waals surface area contributed by atoms with E-state index >= 15 is 0 Å². The first-order chi connectivity index (χ1) is 9.43. The minimum atomic E-state index is -1.52. The van der Waals surface area contributed by atoms with Crippen LogP contribution in [0.15, 0.2) is 29.4 Å². The zero-order valence-electron chi connectivity index (χ0n) is 10.5. The summed E-state index contributed by atoms with van der Waals surface area (Å²) < 4.78 is 0. The van der Waals surface area contributed by atoms with Gasteiger partial charge in [-0.15, -0.1) is 0 Å². The minimum absolute atomic E-state index is 0.144. The van der Waals surface area contributed by atoms with E-state index in [2.05, 4.69) is 5.16 Å². The lowest BCUT2D eigenvalue weighted by Crippen LogP contribution is -2.45. The maximum atomic E-state index is 11.0. The van der Waals surface area contributed by atoms with Gasteiger partial charge in [-0.2, -0.15) is 0 Å². The molecule has 2 N–H and O–H groups in total. The summed E-state index contributed by atoms with van der Waals surface area (Å²) in [5, 5.41) is 35.0. The summed E-state index contributed by atoms with van der Waals surface area (Å²) in [5.41, 5.74) is 0.419. The molecule has 0 saturated heterocycles. The summed E-state index contributed by atoms with van der Waals surface area (Å²) in [6.45, 7) is 1.43. The number of hydrogen-bond donors (Lipinski definition) is 2. The number of halogens is 1. The third-order valence-corrected chi connectivity index (χ3v) is 3.51. The first-order valence-electron chi connectivity index (χ1n) is 5.88. The average molecular weight is 301 g/mol. The quantitative estimate of drug-likeness (QED) is 0.641. The van der Waals surface area contributed by atoms with Crippen molar-refractivity contribution in [2.24, 2.45) is 5.16 Å². The van der Waals surface area contributed by atoms with Crippen molar-refractivity contribution in [3.05, 3.63) is 45.0 Å². The molecule has 20 heavy (non-hydrogen) atoms. The second-order valence-corrected chi connectivity index (χ2v) is 4.90.